The normalized spacial score (nSPS) is 11.0. The van der Waals surface area contributed by atoms with Crippen molar-refractivity contribution < 1.29 is 9.18 Å². The van der Waals surface area contributed by atoms with Gasteiger partial charge >= 0.3 is 0 Å². The van der Waals surface area contributed by atoms with Crippen molar-refractivity contribution in [3.8, 4) is 0 Å². The van der Waals surface area contributed by atoms with E-state index in [1.807, 2.05) is 30.3 Å². The Balaban J connectivity index is 1.82. The number of anilines is 1. The molecule has 0 saturated carbocycles. The fraction of sp³-hybridized carbons (Fsp3) is 0.0476. The number of halogens is 3. The molecule has 0 N–H and O–H groups in total. The Morgan fingerprint density at radius 1 is 1.11 bits per heavy atom. The lowest BCUT2D eigenvalue weighted by Gasteiger charge is -2.21. The molecule has 1 aromatic heterocycles. The summed E-state index contributed by atoms with van der Waals surface area (Å²) in [6.45, 7) is 0.296. The van der Waals surface area contributed by atoms with Crippen LogP contribution in [0.2, 0.25) is 5.02 Å². The summed E-state index contributed by atoms with van der Waals surface area (Å²) in [6.07, 6.45) is 0. The fourth-order valence-electron chi connectivity index (χ4n) is 2.82. The summed E-state index contributed by atoms with van der Waals surface area (Å²) in [5.74, 6) is -0.706. The number of amides is 1. The van der Waals surface area contributed by atoms with Crippen LogP contribution >= 0.6 is 38.9 Å². The molecule has 7 heteroatoms. The Morgan fingerprint density at radius 3 is 2.64 bits per heavy atom. The average Bonchev–Trinajstić information content (AvgIpc) is 3.14. The second-order valence-electron chi connectivity index (χ2n) is 6.08. The molecular formula is C21H13BrClFN2OS. The van der Waals surface area contributed by atoms with E-state index < -0.39 is 5.82 Å². The summed E-state index contributed by atoms with van der Waals surface area (Å²) < 4.78 is 15.6. The predicted molar refractivity (Wildman–Crippen MR) is 116 cm³/mol. The van der Waals surface area contributed by atoms with Gasteiger partial charge in [-0.2, -0.15) is 0 Å². The molecule has 3 nitrogen and oxygen atoms in total. The lowest BCUT2D eigenvalue weighted by Crippen LogP contribution is -2.30. The number of thiazole rings is 1. The Morgan fingerprint density at radius 2 is 1.89 bits per heavy atom. The van der Waals surface area contributed by atoms with E-state index >= 15 is 0 Å². The number of para-hydroxylation sites is 1. The minimum absolute atomic E-state index is 0.258. The van der Waals surface area contributed by atoms with Crippen molar-refractivity contribution in [2.24, 2.45) is 0 Å². The third-order valence-electron chi connectivity index (χ3n) is 4.18. The van der Waals surface area contributed by atoms with Crippen LogP contribution < -0.4 is 4.90 Å². The summed E-state index contributed by atoms with van der Waals surface area (Å²) in [4.78, 5) is 19.3. The molecule has 4 rings (SSSR count). The standard InChI is InChI=1S/C21H13BrClFN2OS/c22-14-9-10-16(23)15(11-14)20(27)26(12-13-5-2-1-3-6-13)21-25-19-17(24)7-4-8-18(19)28-21/h1-11H,12H2. The molecule has 0 saturated heterocycles. The first kappa shape index (κ1) is 19.1. The number of carbonyl (C=O) groups is 1. The Kier molecular flexibility index (Phi) is 5.44. The minimum atomic E-state index is -0.410. The molecule has 4 aromatic rings. The number of hydrogen-bond acceptors (Lipinski definition) is 3. The summed E-state index contributed by atoms with van der Waals surface area (Å²) in [5, 5.41) is 0.767. The molecule has 0 aliphatic carbocycles. The van der Waals surface area contributed by atoms with Crippen molar-refractivity contribution in [3.63, 3.8) is 0 Å². The molecule has 0 bridgehead atoms. The molecule has 0 spiro atoms. The van der Waals surface area contributed by atoms with E-state index in [2.05, 4.69) is 20.9 Å². The third-order valence-corrected chi connectivity index (χ3v) is 6.04. The van der Waals surface area contributed by atoms with E-state index in [0.29, 0.717) is 27.0 Å². The smallest absolute Gasteiger partial charge is 0.261 e. The van der Waals surface area contributed by atoms with E-state index in [9.17, 15) is 9.18 Å². The fourth-order valence-corrected chi connectivity index (χ4v) is 4.35. The molecule has 1 heterocycles. The molecule has 0 aliphatic heterocycles. The molecule has 0 unspecified atom stereocenters. The van der Waals surface area contributed by atoms with Crippen molar-refractivity contribution in [2.45, 2.75) is 6.54 Å². The summed E-state index contributed by atoms with van der Waals surface area (Å²) >= 11 is 10.9. The first-order chi connectivity index (χ1) is 13.5. The van der Waals surface area contributed by atoms with Crippen LogP contribution in [0.15, 0.2) is 71.2 Å². The number of nitrogens with zero attached hydrogens (tertiary/aromatic N) is 2. The minimum Gasteiger partial charge on any atom is -0.279 e. The van der Waals surface area contributed by atoms with Crippen molar-refractivity contribution in [1.29, 1.82) is 0 Å². The van der Waals surface area contributed by atoms with Gasteiger partial charge in [-0.05, 0) is 35.9 Å². The zero-order valence-corrected chi connectivity index (χ0v) is 17.6. The lowest BCUT2D eigenvalue weighted by molar-refractivity contribution is 0.0985. The van der Waals surface area contributed by atoms with Gasteiger partial charge in [0.25, 0.3) is 5.91 Å². The molecule has 0 fully saturated rings. The Bertz CT molecular complexity index is 1170. The van der Waals surface area contributed by atoms with Crippen molar-refractivity contribution in [2.75, 3.05) is 4.90 Å². The van der Waals surface area contributed by atoms with E-state index in [-0.39, 0.29) is 11.4 Å². The Hall–Kier alpha value is -2.28. The van der Waals surface area contributed by atoms with Crippen LogP contribution in [-0.2, 0) is 6.54 Å². The van der Waals surface area contributed by atoms with E-state index in [1.54, 1.807) is 30.3 Å². The Labute approximate surface area is 178 Å². The van der Waals surface area contributed by atoms with Gasteiger partial charge in [0.15, 0.2) is 5.13 Å². The van der Waals surface area contributed by atoms with Gasteiger partial charge in [0, 0.05) is 4.47 Å². The first-order valence-corrected chi connectivity index (χ1v) is 10.4. The van der Waals surface area contributed by atoms with Crippen molar-refractivity contribution in [3.05, 3.63) is 93.2 Å². The topological polar surface area (TPSA) is 33.2 Å². The highest BCUT2D eigenvalue weighted by Gasteiger charge is 2.24. The number of hydrogen-bond donors (Lipinski definition) is 0. The quantitative estimate of drug-likeness (QED) is 0.329. The number of rotatable bonds is 4. The van der Waals surface area contributed by atoms with Gasteiger partial charge in [0.05, 0.1) is 21.8 Å². The molecule has 1 amide bonds. The van der Waals surface area contributed by atoms with E-state index in [4.69, 9.17) is 11.6 Å². The number of fused-ring (bicyclic) bond motifs is 1. The molecule has 0 aliphatic rings. The highest BCUT2D eigenvalue weighted by molar-refractivity contribution is 9.10. The van der Waals surface area contributed by atoms with Gasteiger partial charge in [-0.15, -0.1) is 0 Å². The van der Waals surface area contributed by atoms with Gasteiger partial charge < -0.3 is 0 Å². The van der Waals surface area contributed by atoms with E-state index in [0.717, 1.165) is 10.0 Å². The second kappa shape index (κ2) is 7.99. The zero-order valence-electron chi connectivity index (χ0n) is 14.4. The molecule has 28 heavy (non-hydrogen) atoms. The van der Waals surface area contributed by atoms with Crippen LogP contribution in [0.4, 0.5) is 9.52 Å². The summed E-state index contributed by atoms with van der Waals surface area (Å²) in [5.41, 5.74) is 1.54. The molecule has 0 radical (unpaired) electrons. The highest BCUT2D eigenvalue weighted by Crippen LogP contribution is 2.33. The maximum atomic E-state index is 14.1. The number of aromatic nitrogens is 1. The predicted octanol–water partition coefficient (Wildman–Crippen LogP) is 6.70. The maximum Gasteiger partial charge on any atom is 0.261 e. The average molecular weight is 476 g/mol. The van der Waals surface area contributed by atoms with Gasteiger partial charge in [0.1, 0.15) is 11.3 Å². The first-order valence-electron chi connectivity index (χ1n) is 8.39. The van der Waals surface area contributed by atoms with Gasteiger partial charge in [0.2, 0.25) is 0 Å². The van der Waals surface area contributed by atoms with Crippen LogP contribution in [0.25, 0.3) is 10.2 Å². The van der Waals surface area contributed by atoms with E-state index in [1.165, 1.54) is 22.3 Å². The molecule has 140 valence electrons. The lowest BCUT2D eigenvalue weighted by atomic mass is 10.1. The SMILES string of the molecule is O=C(c1cc(Br)ccc1Cl)N(Cc1ccccc1)c1nc2c(F)cccc2s1. The zero-order chi connectivity index (χ0) is 19.7. The van der Waals surface area contributed by atoms with Gasteiger partial charge in [-0.3, -0.25) is 9.69 Å². The second-order valence-corrected chi connectivity index (χ2v) is 8.42. The summed E-state index contributed by atoms with van der Waals surface area (Å²) in [7, 11) is 0. The van der Waals surface area contributed by atoms with Crippen LogP contribution in [-0.4, -0.2) is 10.9 Å². The van der Waals surface area contributed by atoms with Gasteiger partial charge in [-0.25, -0.2) is 9.37 Å². The van der Waals surface area contributed by atoms with Crippen molar-refractivity contribution >= 4 is 60.1 Å². The van der Waals surface area contributed by atoms with Gasteiger partial charge in [-0.1, -0.05) is 75.3 Å². The van der Waals surface area contributed by atoms with Crippen LogP contribution in [0.5, 0.6) is 0 Å². The maximum absolute atomic E-state index is 14.1. The molecular weight excluding hydrogens is 463 g/mol. The monoisotopic (exact) mass is 474 g/mol. The molecule has 0 atom stereocenters. The number of benzene rings is 3. The number of carbonyl (C=O) groups excluding carboxylic acids is 1. The summed E-state index contributed by atoms with van der Waals surface area (Å²) in [6, 6.07) is 19.5. The van der Waals surface area contributed by atoms with Crippen LogP contribution in [0.3, 0.4) is 0 Å². The third kappa shape index (κ3) is 3.81. The van der Waals surface area contributed by atoms with Crippen LogP contribution in [0, 0.1) is 5.82 Å². The van der Waals surface area contributed by atoms with Crippen LogP contribution in [0.1, 0.15) is 15.9 Å². The highest BCUT2D eigenvalue weighted by atomic mass is 79.9. The molecule has 3 aromatic carbocycles. The largest absolute Gasteiger partial charge is 0.279 e. The van der Waals surface area contributed by atoms with Crippen molar-refractivity contribution in [1.82, 2.24) is 4.98 Å².